The van der Waals surface area contributed by atoms with Crippen molar-refractivity contribution in [3.05, 3.63) is 119 Å². The minimum Gasteiger partial charge on any atom is -0.468 e. The topological polar surface area (TPSA) is 87.3 Å². The Morgan fingerprint density at radius 3 is 2.00 bits per heavy atom. The highest BCUT2D eigenvalue weighted by Crippen LogP contribution is 2.41. The second-order valence-corrected chi connectivity index (χ2v) is 10.7. The summed E-state index contributed by atoms with van der Waals surface area (Å²) in [6.07, 6.45) is 1.61. The fourth-order valence-corrected chi connectivity index (χ4v) is 5.36. The van der Waals surface area contributed by atoms with Crippen LogP contribution in [-0.4, -0.2) is 63.8 Å². The maximum absolute atomic E-state index is 14.3. The van der Waals surface area contributed by atoms with Crippen LogP contribution in [0.25, 0.3) is 10.9 Å². The van der Waals surface area contributed by atoms with E-state index in [1.165, 1.54) is 0 Å². The lowest BCUT2D eigenvalue weighted by Gasteiger charge is -2.22. The van der Waals surface area contributed by atoms with Gasteiger partial charge >= 0.3 is 0 Å². The number of methoxy groups -OCH3 is 2. The minimum atomic E-state index is -0.280. The standard InChI is InChI=1S/C35H39N3O6/c1-37(2)19-20-38-31-10-6-5-9-30(31)33(34(38)35(39)36-22-29-8-7-21-42-29)32(25-11-15-27(16-12-25)43-23-40-3)26-13-17-28(18-14-26)44-24-41-4/h5-18,21,32H,19-20,22-24H2,1-4H3,(H,36,39). The molecule has 44 heavy (non-hydrogen) atoms. The van der Waals surface area contributed by atoms with Gasteiger partial charge in [0.1, 0.15) is 23.0 Å². The van der Waals surface area contributed by atoms with Crippen molar-refractivity contribution in [2.24, 2.45) is 0 Å². The first-order valence-electron chi connectivity index (χ1n) is 14.5. The Labute approximate surface area is 257 Å². The van der Waals surface area contributed by atoms with Crippen molar-refractivity contribution in [1.82, 2.24) is 14.8 Å². The molecule has 0 unspecified atom stereocenters. The zero-order chi connectivity index (χ0) is 30.9. The number of hydrogen-bond donors (Lipinski definition) is 1. The number of likely N-dealkylation sites (N-methyl/N-ethyl adjacent to an activating group) is 1. The molecule has 1 amide bonds. The molecule has 2 heterocycles. The number of benzene rings is 3. The highest BCUT2D eigenvalue weighted by atomic mass is 16.7. The summed E-state index contributed by atoms with van der Waals surface area (Å²) in [4.78, 5) is 16.4. The first kappa shape index (κ1) is 30.9. The molecule has 0 saturated heterocycles. The highest BCUT2D eigenvalue weighted by molar-refractivity contribution is 6.02. The summed E-state index contributed by atoms with van der Waals surface area (Å²) in [6, 6.07) is 27.8. The third-order valence-electron chi connectivity index (χ3n) is 7.40. The van der Waals surface area contributed by atoms with Gasteiger partial charge < -0.3 is 38.1 Å². The summed E-state index contributed by atoms with van der Waals surface area (Å²) < 4.78 is 29.2. The molecule has 3 aromatic carbocycles. The first-order chi connectivity index (χ1) is 21.5. The van der Waals surface area contributed by atoms with Crippen molar-refractivity contribution in [3.8, 4) is 11.5 Å². The van der Waals surface area contributed by atoms with E-state index in [0.717, 1.165) is 34.1 Å². The SMILES string of the molecule is COCOc1ccc(C(c2ccc(OCOC)cc2)c2c(C(=O)NCc3ccco3)n(CCN(C)C)c3ccccc23)cc1. The normalized spacial score (nSPS) is 11.4. The molecule has 0 aliphatic carbocycles. The van der Waals surface area contributed by atoms with Gasteiger partial charge in [0, 0.05) is 49.7 Å². The van der Waals surface area contributed by atoms with Gasteiger partial charge in [-0.2, -0.15) is 0 Å². The number of nitrogens with one attached hydrogen (secondary N) is 1. The number of hydrogen-bond acceptors (Lipinski definition) is 7. The van der Waals surface area contributed by atoms with Gasteiger partial charge in [-0.05, 0) is 67.7 Å². The summed E-state index contributed by atoms with van der Waals surface area (Å²) >= 11 is 0. The van der Waals surface area contributed by atoms with Gasteiger partial charge in [-0.3, -0.25) is 4.79 Å². The Hall–Kier alpha value is -4.57. The summed E-state index contributed by atoms with van der Waals surface area (Å²) in [5.41, 5.74) is 4.56. The Balaban J connectivity index is 1.69. The number of aromatic nitrogens is 1. The van der Waals surface area contributed by atoms with Crippen LogP contribution in [0.5, 0.6) is 11.5 Å². The van der Waals surface area contributed by atoms with Gasteiger partial charge in [0.15, 0.2) is 13.6 Å². The van der Waals surface area contributed by atoms with Gasteiger partial charge in [0.05, 0.1) is 12.8 Å². The van der Waals surface area contributed by atoms with E-state index >= 15 is 0 Å². The zero-order valence-electron chi connectivity index (χ0n) is 25.6. The number of rotatable bonds is 15. The van der Waals surface area contributed by atoms with E-state index in [1.807, 2.05) is 86.9 Å². The minimum absolute atomic E-state index is 0.158. The number of para-hydroxylation sites is 1. The van der Waals surface area contributed by atoms with Crippen LogP contribution in [-0.2, 0) is 22.6 Å². The average molecular weight is 598 g/mol. The van der Waals surface area contributed by atoms with E-state index in [0.29, 0.717) is 29.5 Å². The molecule has 0 aliphatic heterocycles. The summed E-state index contributed by atoms with van der Waals surface area (Å²) in [5, 5.41) is 4.13. The van der Waals surface area contributed by atoms with E-state index in [2.05, 4.69) is 26.9 Å². The van der Waals surface area contributed by atoms with Crippen LogP contribution in [0.2, 0.25) is 0 Å². The first-order valence-corrected chi connectivity index (χ1v) is 14.5. The Morgan fingerprint density at radius 1 is 0.841 bits per heavy atom. The molecular weight excluding hydrogens is 558 g/mol. The second-order valence-electron chi connectivity index (χ2n) is 10.7. The Kier molecular flexibility index (Phi) is 10.3. The largest absolute Gasteiger partial charge is 0.468 e. The lowest BCUT2D eigenvalue weighted by molar-refractivity contribution is 0.0509. The molecule has 0 spiro atoms. The van der Waals surface area contributed by atoms with Gasteiger partial charge in [-0.1, -0.05) is 42.5 Å². The number of nitrogens with zero attached hydrogens (tertiary/aromatic N) is 2. The van der Waals surface area contributed by atoms with E-state index < -0.39 is 0 Å². The molecule has 0 atom stereocenters. The molecule has 2 aromatic heterocycles. The summed E-state index contributed by atoms with van der Waals surface area (Å²) in [5.74, 6) is 1.63. The Morgan fingerprint density at radius 2 is 1.45 bits per heavy atom. The summed E-state index contributed by atoms with van der Waals surface area (Å²) in [6.45, 7) is 1.99. The lowest BCUT2D eigenvalue weighted by atomic mass is 9.83. The van der Waals surface area contributed by atoms with Crippen LogP contribution in [0.1, 0.15) is 38.9 Å². The number of amides is 1. The second kappa shape index (κ2) is 14.7. The van der Waals surface area contributed by atoms with Crippen LogP contribution in [0.4, 0.5) is 0 Å². The maximum Gasteiger partial charge on any atom is 0.268 e. The van der Waals surface area contributed by atoms with Crippen molar-refractivity contribution < 1.29 is 28.2 Å². The third kappa shape index (κ3) is 7.14. The van der Waals surface area contributed by atoms with E-state index in [4.69, 9.17) is 23.4 Å². The maximum atomic E-state index is 14.3. The third-order valence-corrected chi connectivity index (χ3v) is 7.40. The molecule has 0 bridgehead atoms. The number of ether oxygens (including phenoxy) is 4. The molecule has 1 N–H and O–H groups in total. The fourth-order valence-electron chi connectivity index (χ4n) is 5.36. The molecular formula is C35H39N3O6. The van der Waals surface area contributed by atoms with E-state index in [1.54, 1.807) is 20.5 Å². The van der Waals surface area contributed by atoms with Crippen molar-refractivity contribution in [3.63, 3.8) is 0 Å². The molecule has 0 saturated carbocycles. The number of carbonyl (C=O) groups excluding carboxylic acids is 1. The van der Waals surface area contributed by atoms with Crippen molar-refractivity contribution in [2.45, 2.75) is 19.0 Å². The predicted molar refractivity (Wildman–Crippen MR) is 169 cm³/mol. The van der Waals surface area contributed by atoms with Crippen LogP contribution in [0.3, 0.4) is 0 Å². The fraction of sp³-hybridized carbons (Fsp3) is 0.286. The van der Waals surface area contributed by atoms with Gasteiger partial charge in [-0.15, -0.1) is 0 Å². The molecule has 0 fully saturated rings. The molecule has 5 aromatic rings. The van der Waals surface area contributed by atoms with Gasteiger partial charge in [-0.25, -0.2) is 0 Å². The molecule has 0 radical (unpaired) electrons. The zero-order valence-corrected chi connectivity index (χ0v) is 25.6. The molecule has 230 valence electrons. The van der Waals surface area contributed by atoms with E-state index in [9.17, 15) is 4.79 Å². The quantitative estimate of drug-likeness (QED) is 0.151. The Bertz CT molecular complexity index is 1570. The van der Waals surface area contributed by atoms with Crippen molar-refractivity contribution in [1.29, 1.82) is 0 Å². The van der Waals surface area contributed by atoms with Crippen molar-refractivity contribution >= 4 is 16.8 Å². The van der Waals surface area contributed by atoms with Crippen LogP contribution >= 0.6 is 0 Å². The van der Waals surface area contributed by atoms with Crippen LogP contribution in [0.15, 0.2) is 95.6 Å². The van der Waals surface area contributed by atoms with Crippen LogP contribution < -0.4 is 14.8 Å². The van der Waals surface area contributed by atoms with Gasteiger partial charge in [0.2, 0.25) is 0 Å². The molecule has 9 nitrogen and oxygen atoms in total. The molecule has 0 aliphatic rings. The predicted octanol–water partition coefficient (Wildman–Crippen LogP) is 5.87. The number of furan rings is 1. The number of carbonyl (C=O) groups is 1. The van der Waals surface area contributed by atoms with Crippen LogP contribution in [0, 0.1) is 0 Å². The monoisotopic (exact) mass is 597 g/mol. The van der Waals surface area contributed by atoms with Crippen molar-refractivity contribution in [2.75, 3.05) is 48.4 Å². The smallest absolute Gasteiger partial charge is 0.268 e. The summed E-state index contributed by atoms with van der Waals surface area (Å²) in [7, 11) is 7.25. The average Bonchev–Trinajstić information content (AvgIpc) is 3.68. The highest BCUT2D eigenvalue weighted by Gasteiger charge is 2.30. The number of fused-ring (bicyclic) bond motifs is 1. The molecule has 9 heteroatoms. The lowest BCUT2D eigenvalue weighted by Crippen LogP contribution is -2.29. The molecule has 5 rings (SSSR count). The van der Waals surface area contributed by atoms with E-state index in [-0.39, 0.29) is 32.0 Å². The van der Waals surface area contributed by atoms with Gasteiger partial charge in [0.25, 0.3) is 5.91 Å².